The van der Waals surface area contributed by atoms with Crippen LogP contribution in [0.3, 0.4) is 0 Å². The molecule has 1 amide bonds. The van der Waals surface area contributed by atoms with Crippen molar-refractivity contribution in [3.8, 4) is 11.5 Å². The van der Waals surface area contributed by atoms with Crippen molar-refractivity contribution in [1.82, 2.24) is 9.88 Å². The van der Waals surface area contributed by atoms with Crippen molar-refractivity contribution < 1.29 is 34.1 Å². The van der Waals surface area contributed by atoms with Crippen LogP contribution < -0.4 is 15.5 Å². The van der Waals surface area contributed by atoms with Crippen LogP contribution in [0.5, 0.6) is 0 Å². The van der Waals surface area contributed by atoms with Gasteiger partial charge in [0.1, 0.15) is 22.6 Å². The fourth-order valence-corrected chi connectivity index (χ4v) is 7.10. The minimum atomic E-state index is -2.65. The molecule has 3 aliphatic carbocycles. The number of benzene rings is 2. The number of ketones is 2. The number of Topliss-reactive ketones (excluding diaryl/α,β-unsaturated/α-hetero) is 2. The molecule has 4 atom stereocenters. The number of fused-ring (bicyclic) bond motifs is 5. The van der Waals surface area contributed by atoms with E-state index in [9.17, 15) is 29.7 Å². The van der Waals surface area contributed by atoms with E-state index in [0.717, 1.165) is 16.9 Å². The normalized spacial score (nSPS) is 24.9. The highest BCUT2D eigenvalue weighted by molar-refractivity contribution is 6.24. The third kappa shape index (κ3) is 3.97. The van der Waals surface area contributed by atoms with E-state index in [0.29, 0.717) is 17.0 Å². The summed E-state index contributed by atoms with van der Waals surface area (Å²) in [5, 5.41) is 34.9. The standard InChI is InChI=1S/C32H35N5O7/c1-35(2)16-9-7-14(8-10-16)31-34-19-13-20(36(3)4)17-11-15-12-18-24(37(5)6)26(39)23(30(33)42)29(41)32(18,43)28(40)21(15)25(38)22(17)27(19)44-31/h7-10,13,15,18,24,38,41,43H,11-12H2,1-6H3,(H2,33,42)/t15?,18?,24-,32-/m0/s1. The first-order chi connectivity index (χ1) is 20.7. The Bertz CT molecular complexity index is 1820. The summed E-state index contributed by atoms with van der Waals surface area (Å²) in [6.45, 7) is 0. The van der Waals surface area contributed by atoms with E-state index in [-0.39, 0.29) is 29.6 Å². The molecule has 12 nitrogen and oxygen atoms in total. The maximum absolute atomic E-state index is 14.3. The van der Waals surface area contributed by atoms with Crippen molar-refractivity contribution in [2.75, 3.05) is 52.1 Å². The highest BCUT2D eigenvalue weighted by atomic mass is 16.4. The molecular weight excluding hydrogens is 566 g/mol. The number of carbonyl (C=O) groups is 3. The molecule has 230 valence electrons. The summed E-state index contributed by atoms with van der Waals surface area (Å²) in [6, 6.07) is 8.39. The number of amides is 1. The van der Waals surface area contributed by atoms with Gasteiger partial charge in [-0.1, -0.05) is 0 Å². The lowest BCUT2D eigenvalue weighted by Crippen LogP contribution is -2.65. The minimum Gasteiger partial charge on any atom is -0.508 e. The number of likely N-dealkylation sites (N-methyl/N-ethyl adjacent to an activating group) is 1. The average molecular weight is 602 g/mol. The number of nitrogens with two attached hydrogens (primary N) is 1. The molecule has 0 aliphatic heterocycles. The van der Waals surface area contributed by atoms with Crippen molar-refractivity contribution in [2.45, 2.75) is 24.5 Å². The second kappa shape index (κ2) is 9.93. The van der Waals surface area contributed by atoms with Crippen molar-refractivity contribution in [3.63, 3.8) is 0 Å². The van der Waals surface area contributed by atoms with E-state index in [1.165, 1.54) is 4.90 Å². The van der Waals surface area contributed by atoms with Gasteiger partial charge in [-0.25, -0.2) is 4.98 Å². The Morgan fingerprint density at radius 3 is 2.27 bits per heavy atom. The van der Waals surface area contributed by atoms with Crippen LogP contribution in [0.25, 0.3) is 28.3 Å². The third-order valence-corrected chi connectivity index (χ3v) is 9.19. The molecule has 0 bridgehead atoms. The summed E-state index contributed by atoms with van der Waals surface area (Å²) in [4.78, 5) is 49.9. The number of oxazole rings is 1. The van der Waals surface area contributed by atoms with Gasteiger partial charge in [0.05, 0.1) is 11.6 Å². The highest BCUT2D eigenvalue weighted by Crippen LogP contribution is 2.53. The number of anilines is 2. The van der Waals surface area contributed by atoms with Gasteiger partial charge in [0.15, 0.2) is 17.0 Å². The summed E-state index contributed by atoms with van der Waals surface area (Å²) >= 11 is 0. The summed E-state index contributed by atoms with van der Waals surface area (Å²) in [5.41, 5.74) is 6.05. The van der Waals surface area contributed by atoms with Crippen molar-refractivity contribution in [1.29, 1.82) is 0 Å². The largest absolute Gasteiger partial charge is 0.508 e. The number of carbonyl (C=O) groups excluding carboxylic acids is 3. The molecule has 0 spiro atoms. The summed E-state index contributed by atoms with van der Waals surface area (Å²) in [5.74, 6) is -5.87. The predicted octanol–water partition coefficient (Wildman–Crippen LogP) is 2.20. The van der Waals surface area contributed by atoms with E-state index in [4.69, 9.17) is 15.1 Å². The topological polar surface area (TPSA) is 174 Å². The molecule has 2 unspecified atom stereocenters. The molecule has 5 N–H and O–H groups in total. The number of rotatable bonds is 5. The SMILES string of the molecule is CN(C)c1ccc(-c2nc3cc(N(C)C)c4c(c3o2)C(O)=C2C(=O)[C@]3(O)C(O)=C(C(N)=O)C(=O)[C@@H](N(C)C)C3CC2C4)cc1. The number of primary amides is 1. The van der Waals surface area contributed by atoms with Gasteiger partial charge in [0.25, 0.3) is 5.91 Å². The molecule has 44 heavy (non-hydrogen) atoms. The zero-order valence-electron chi connectivity index (χ0n) is 25.4. The number of nitrogens with zero attached hydrogens (tertiary/aromatic N) is 4. The van der Waals surface area contributed by atoms with Crippen LogP contribution in [0.15, 0.2) is 51.7 Å². The zero-order chi connectivity index (χ0) is 32.0. The van der Waals surface area contributed by atoms with Gasteiger partial charge in [-0.05, 0) is 68.8 Å². The van der Waals surface area contributed by atoms with Crippen LogP contribution in [-0.4, -0.2) is 96.6 Å². The Balaban J connectivity index is 1.57. The first kappa shape index (κ1) is 29.4. The van der Waals surface area contributed by atoms with Gasteiger partial charge in [0.2, 0.25) is 11.7 Å². The Kier molecular flexibility index (Phi) is 6.63. The molecule has 3 aliphatic rings. The number of hydrogen-bond donors (Lipinski definition) is 4. The molecule has 0 saturated heterocycles. The monoisotopic (exact) mass is 601 g/mol. The van der Waals surface area contributed by atoms with E-state index < -0.39 is 58.0 Å². The van der Waals surface area contributed by atoms with Gasteiger partial charge < -0.3 is 35.3 Å². The molecule has 0 radical (unpaired) electrons. The van der Waals surface area contributed by atoms with E-state index in [1.807, 2.05) is 68.3 Å². The van der Waals surface area contributed by atoms with E-state index in [1.54, 1.807) is 14.1 Å². The van der Waals surface area contributed by atoms with Crippen molar-refractivity contribution >= 4 is 45.7 Å². The van der Waals surface area contributed by atoms with Crippen LogP contribution >= 0.6 is 0 Å². The van der Waals surface area contributed by atoms with Crippen LogP contribution in [-0.2, 0) is 20.8 Å². The summed E-state index contributed by atoms with van der Waals surface area (Å²) in [7, 11) is 10.8. The molecule has 3 aromatic rings. The lowest BCUT2D eigenvalue weighted by atomic mass is 9.57. The maximum atomic E-state index is 14.3. The van der Waals surface area contributed by atoms with Gasteiger partial charge in [-0.3, -0.25) is 19.3 Å². The maximum Gasteiger partial charge on any atom is 0.255 e. The molecule has 12 heteroatoms. The number of hydrogen-bond acceptors (Lipinski definition) is 11. The molecular formula is C32H35N5O7. The lowest BCUT2D eigenvalue weighted by Gasteiger charge is -2.50. The Labute approximate surface area is 253 Å². The van der Waals surface area contributed by atoms with Gasteiger partial charge >= 0.3 is 0 Å². The van der Waals surface area contributed by atoms with Crippen molar-refractivity contribution in [2.24, 2.45) is 17.6 Å². The van der Waals surface area contributed by atoms with Crippen LogP contribution in [0.4, 0.5) is 11.4 Å². The Hall–Kier alpha value is -4.68. The fourth-order valence-electron chi connectivity index (χ4n) is 7.10. The number of aliphatic hydroxyl groups excluding tert-OH is 2. The first-order valence-electron chi connectivity index (χ1n) is 14.2. The van der Waals surface area contributed by atoms with Crippen LogP contribution in [0, 0.1) is 11.8 Å². The molecule has 1 heterocycles. The van der Waals surface area contributed by atoms with Gasteiger partial charge in [-0.2, -0.15) is 0 Å². The molecule has 1 saturated carbocycles. The van der Waals surface area contributed by atoms with E-state index >= 15 is 0 Å². The quantitative estimate of drug-likeness (QED) is 0.316. The fraction of sp³-hybridized carbons (Fsp3) is 0.375. The summed E-state index contributed by atoms with van der Waals surface area (Å²) in [6.07, 6.45) is 0.349. The molecule has 2 aromatic carbocycles. The number of aromatic nitrogens is 1. The average Bonchev–Trinajstić information content (AvgIpc) is 3.38. The van der Waals surface area contributed by atoms with Crippen molar-refractivity contribution in [3.05, 3.63) is 58.4 Å². The van der Waals surface area contributed by atoms with Gasteiger partial charge in [-0.15, -0.1) is 0 Å². The molecule has 6 rings (SSSR count). The predicted molar refractivity (Wildman–Crippen MR) is 164 cm³/mol. The first-order valence-corrected chi connectivity index (χ1v) is 14.2. The third-order valence-electron chi connectivity index (χ3n) is 9.19. The molecule has 1 aromatic heterocycles. The summed E-state index contributed by atoms with van der Waals surface area (Å²) < 4.78 is 6.25. The second-order valence-electron chi connectivity index (χ2n) is 12.4. The zero-order valence-corrected chi connectivity index (χ0v) is 25.4. The Morgan fingerprint density at radius 2 is 1.70 bits per heavy atom. The van der Waals surface area contributed by atoms with E-state index in [2.05, 4.69) is 0 Å². The minimum absolute atomic E-state index is 0.0660. The second-order valence-corrected chi connectivity index (χ2v) is 12.4. The van der Waals surface area contributed by atoms with Crippen LogP contribution in [0.2, 0.25) is 0 Å². The van der Waals surface area contributed by atoms with Gasteiger partial charge in [0, 0.05) is 56.6 Å². The smallest absolute Gasteiger partial charge is 0.255 e. The highest BCUT2D eigenvalue weighted by Gasteiger charge is 2.64. The van der Waals surface area contributed by atoms with Crippen LogP contribution in [0.1, 0.15) is 17.5 Å². The Morgan fingerprint density at radius 1 is 1.05 bits per heavy atom. The number of aliphatic hydroxyl groups is 3. The lowest BCUT2D eigenvalue weighted by molar-refractivity contribution is -0.153. The molecule has 1 fully saturated rings.